The highest BCUT2D eigenvalue weighted by Gasteiger charge is 2.44. The predicted molar refractivity (Wildman–Crippen MR) is 123 cm³/mol. The summed E-state index contributed by atoms with van der Waals surface area (Å²) < 4.78 is 12.4. The second-order valence-electron chi connectivity index (χ2n) is 9.32. The van der Waals surface area contributed by atoms with Crippen LogP contribution in [-0.2, 0) is 17.6 Å². The van der Waals surface area contributed by atoms with Crippen molar-refractivity contribution < 1.29 is 19.4 Å². The van der Waals surface area contributed by atoms with E-state index >= 15 is 0 Å². The van der Waals surface area contributed by atoms with E-state index in [1.807, 2.05) is 12.3 Å². The van der Waals surface area contributed by atoms with Gasteiger partial charge in [0.25, 0.3) is 5.91 Å². The fourth-order valence-corrected chi connectivity index (χ4v) is 6.53. The Morgan fingerprint density at radius 1 is 1.31 bits per heavy atom. The molecule has 1 aliphatic heterocycles. The number of aryl methyl sites for hydroxylation is 2. The van der Waals surface area contributed by atoms with Gasteiger partial charge in [0.2, 0.25) is 0 Å². The quantitative estimate of drug-likeness (QED) is 0.689. The first-order chi connectivity index (χ1) is 15.6. The number of hydrogen-bond acceptors (Lipinski definition) is 6. The van der Waals surface area contributed by atoms with Crippen LogP contribution < -0.4 is 10.1 Å². The van der Waals surface area contributed by atoms with Crippen molar-refractivity contribution in [3.8, 4) is 5.75 Å². The van der Waals surface area contributed by atoms with Crippen LogP contribution in [0.15, 0.2) is 23.6 Å². The molecule has 32 heavy (non-hydrogen) atoms. The second kappa shape index (κ2) is 9.49. The van der Waals surface area contributed by atoms with E-state index in [0.717, 1.165) is 36.4 Å². The maximum absolute atomic E-state index is 12.0. The number of rotatable bonds is 6. The zero-order valence-corrected chi connectivity index (χ0v) is 19.4. The number of carbonyl (C=O) groups excluding carboxylic acids is 1. The predicted octanol–water partition coefficient (Wildman–Crippen LogP) is 3.93. The first-order valence-corrected chi connectivity index (χ1v) is 12.8. The molecule has 172 valence electrons. The molecule has 7 heteroatoms. The monoisotopic (exact) mass is 456 g/mol. The Kier molecular flexibility index (Phi) is 6.49. The minimum absolute atomic E-state index is 0.0794. The molecule has 2 aliphatic carbocycles. The van der Waals surface area contributed by atoms with Gasteiger partial charge in [-0.15, -0.1) is 11.3 Å². The number of aromatic nitrogens is 1. The van der Waals surface area contributed by atoms with Crippen molar-refractivity contribution in [2.24, 2.45) is 17.8 Å². The zero-order chi connectivity index (χ0) is 22.1. The molecule has 2 fully saturated rings. The van der Waals surface area contributed by atoms with Crippen molar-refractivity contribution in [2.75, 3.05) is 19.8 Å². The van der Waals surface area contributed by atoms with Gasteiger partial charge in [-0.3, -0.25) is 4.79 Å². The molecule has 2 aromatic rings. The molecule has 1 aromatic heterocycles. The summed E-state index contributed by atoms with van der Waals surface area (Å²) in [6.07, 6.45) is 5.71. The Bertz CT molecular complexity index is 961. The average Bonchev–Trinajstić information content (AvgIpc) is 3.49. The lowest BCUT2D eigenvalue weighted by Gasteiger charge is -2.24. The third-order valence-corrected chi connectivity index (χ3v) is 8.28. The standard InChI is InChI=1S/C25H32N2O4S/c1-2-26-24(29)21-14-32-25(27-21)23-9-8-19-17(12-31-23)11-22(28)20(19)13-30-18-7-6-15-4-3-5-16(15)10-18/h6-7,10,14,17,19-20,22-23,28H,2-5,8-9,11-13H2,1H3,(H,26,29)/t17-,19+,20-,22-,23-/m1/s1. The Hall–Kier alpha value is -1.96. The fourth-order valence-electron chi connectivity index (χ4n) is 5.65. The molecule has 5 rings (SSSR count). The number of ether oxygens (including phenoxy) is 2. The SMILES string of the molecule is CCNC(=O)c1csc([C@H]2CC[C@H]3[C@@H](CO2)C[C@@H](O)[C@@H]3COc2ccc3c(c2)CCC3)n1. The summed E-state index contributed by atoms with van der Waals surface area (Å²) in [4.78, 5) is 16.6. The van der Waals surface area contributed by atoms with Crippen LogP contribution in [0.5, 0.6) is 5.75 Å². The normalized spacial score (nSPS) is 29.2. The van der Waals surface area contributed by atoms with Gasteiger partial charge in [-0.05, 0) is 80.5 Å². The highest BCUT2D eigenvalue weighted by atomic mass is 32.1. The van der Waals surface area contributed by atoms with E-state index in [1.165, 1.54) is 35.3 Å². The minimum Gasteiger partial charge on any atom is -0.493 e. The topological polar surface area (TPSA) is 80.7 Å². The van der Waals surface area contributed by atoms with Gasteiger partial charge in [0.1, 0.15) is 22.6 Å². The van der Waals surface area contributed by atoms with Gasteiger partial charge in [0.05, 0.1) is 19.3 Å². The first kappa shape index (κ1) is 21.9. The van der Waals surface area contributed by atoms with Crippen LogP contribution in [0.25, 0.3) is 0 Å². The van der Waals surface area contributed by atoms with Gasteiger partial charge in [-0.2, -0.15) is 0 Å². The Morgan fingerprint density at radius 2 is 2.19 bits per heavy atom. The number of fused-ring (bicyclic) bond motifs is 2. The summed E-state index contributed by atoms with van der Waals surface area (Å²) >= 11 is 1.50. The van der Waals surface area contributed by atoms with Gasteiger partial charge in [0, 0.05) is 17.8 Å². The van der Waals surface area contributed by atoms with E-state index in [4.69, 9.17) is 9.47 Å². The van der Waals surface area contributed by atoms with Crippen LogP contribution >= 0.6 is 11.3 Å². The Labute approximate surface area is 193 Å². The van der Waals surface area contributed by atoms with Crippen molar-refractivity contribution in [3.63, 3.8) is 0 Å². The van der Waals surface area contributed by atoms with Gasteiger partial charge < -0.3 is 19.9 Å². The Balaban J connectivity index is 1.21. The number of carbonyl (C=O) groups is 1. The number of aliphatic hydroxyl groups excluding tert-OH is 1. The smallest absolute Gasteiger partial charge is 0.270 e. The van der Waals surface area contributed by atoms with E-state index in [0.29, 0.717) is 37.3 Å². The summed E-state index contributed by atoms with van der Waals surface area (Å²) in [5.41, 5.74) is 3.33. The van der Waals surface area contributed by atoms with Gasteiger partial charge >= 0.3 is 0 Å². The van der Waals surface area contributed by atoms with Crippen molar-refractivity contribution in [3.05, 3.63) is 45.4 Å². The highest BCUT2D eigenvalue weighted by molar-refractivity contribution is 7.09. The molecule has 0 spiro atoms. The number of nitrogens with one attached hydrogen (secondary N) is 1. The van der Waals surface area contributed by atoms with E-state index < -0.39 is 0 Å². The lowest BCUT2D eigenvalue weighted by atomic mass is 9.86. The van der Waals surface area contributed by atoms with E-state index in [9.17, 15) is 9.90 Å². The largest absolute Gasteiger partial charge is 0.493 e. The number of aliphatic hydroxyl groups is 1. The van der Waals surface area contributed by atoms with Crippen molar-refractivity contribution >= 4 is 17.2 Å². The molecular formula is C25H32N2O4S. The number of nitrogens with zero attached hydrogens (tertiary/aromatic N) is 1. The van der Waals surface area contributed by atoms with Crippen LogP contribution in [0.1, 0.15) is 65.3 Å². The molecule has 0 unspecified atom stereocenters. The van der Waals surface area contributed by atoms with Gasteiger partial charge in [-0.25, -0.2) is 4.98 Å². The molecule has 6 nitrogen and oxygen atoms in total. The summed E-state index contributed by atoms with van der Waals surface area (Å²) in [7, 11) is 0. The molecular weight excluding hydrogens is 424 g/mol. The van der Waals surface area contributed by atoms with Gasteiger partial charge in [0.15, 0.2) is 0 Å². The van der Waals surface area contributed by atoms with Crippen molar-refractivity contribution in [2.45, 2.75) is 57.7 Å². The van der Waals surface area contributed by atoms with Crippen molar-refractivity contribution in [1.29, 1.82) is 0 Å². The molecule has 1 aromatic carbocycles. The van der Waals surface area contributed by atoms with E-state index in [1.54, 1.807) is 0 Å². The number of hydrogen-bond donors (Lipinski definition) is 2. The maximum atomic E-state index is 12.0. The van der Waals surface area contributed by atoms with Crippen molar-refractivity contribution in [1.82, 2.24) is 10.3 Å². The minimum atomic E-state index is -0.344. The van der Waals surface area contributed by atoms with E-state index in [-0.39, 0.29) is 24.0 Å². The Morgan fingerprint density at radius 3 is 3.06 bits per heavy atom. The first-order valence-electron chi connectivity index (χ1n) is 11.9. The average molecular weight is 457 g/mol. The molecule has 1 saturated heterocycles. The molecule has 0 radical (unpaired) electrons. The van der Waals surface area contributed by atoms with Crippen LogP contribution in [0.2, 0.25) is 0 Å². The molecule has 0 bridgehead atoms. The molecule has 2 N–H and O–H groups in total. The number of thiazole rings is 1. The van der Waals surface area contributed by atoms with Crippen LogP contribution in [0.4, 0.5) is 0 Å². The van der Waals surface area contributed by atoms with E-state index in [2.05, 4.69) is 28.5 Å². The van der Waals surface area contributed by atoms with Crippen LogP contribution in [-0.4, -0.2) is 41.9 Å². The number of benzene rings is 1. The highest BCUT2D eigenvalue weighted by Crippen LogP contribution is 2.45. The van der Waals surface area contributed by atoms with Crippen LogP contribution in [0, 0.1) is 17.8 Å². The number of amides is 1. The lowest BCUT2D eigenvalue weighted by molar-refractivity contribution is 0.0334. The summed E-state index contributed by atoms with van der Waals surface area (Å²) in [5.74, 6) is 1.63. The second-order valence-corrected chi connectivity index (χ2v) is 10.2. The summed E-state index contributed by atoms with van der Waals surface area (Å²) in [5, 5.41) is 16.2. The molecule has 2 heterocycles. The maximum Gasteiger partial charge on any atom is 0.270 e. The molecule has 5 atom stereocenters. The van der Waals surface area contributed by atoms with Crippen LogP contribution in [0.3, 0.4) is 0 Å². The lowest BCUT2D eigenvalue weighted by Crippen LogP contribution is -2.27. The fraction of sp³-hybridized carbons (Fsp3) is 0.600. The van der Waals surface area contributed by atoms with Gasteiger partial charge in [-0.1, -0.05) is 6.07 Å². The third-order valence-electron chi connectivity index (χ3n) is 7.35. The molecule has 1 saturated carbocycles. The zero-order valence-electron chi connectivity index (χ0n) is 18.6. The summed E-state index contributed by atoms with van der Waals surface area (Å²) in [6.45, 7) is 3.66. The molecule has 3 aliphatic rings. The third kappa shape index (κ3) is 4.43. The summed E-state index contributed by atoms with van der Waals surface area (Å²) in [6, 6.07) is 6.45. The molecule has 1 amide bonds.